The van der Waals surface area contributed by atoms with Crippen LogP contribution in [0.4, 0.5) is 0 Å². The molecule has 0 bridgehead atoms. The van der Waals surface area contributed by atoms with Crippen molar-refractivity contribution in [3.8, 4) is 0 Å². The molecule has 2 rings (SSSR count). The van der Waals surface area contributed by atoms with Gasteiger partial charge in [0.25, 0.3) is 0 Å². The number of carbonyl (C=O) groups excluding carboxylic acids is 2. The van der Waals surface area contributed by atoms with Crippen LogP contribution < -0.4 is 5.32 Å². The second-order valence-electron chi connectivity index (χ2n) is 6.04. The number of aryl methyl sites for hydroxylation is 1. The molecular weight excluding hydrogens is 264 g/mol. The molecule has 2 unspecified atom stereocenters. The van der Waals surface area contributed by atoms with Gasteiger partial charge in [0.05, 0.1) is 0 Å². The first kappa shape index (κ1) is 15.5. The van der Waals surface area contributed by atoms with E-state index in [4.69, 9.17) is 0 Å². The highest BCUT2D eigenvalue weighted by molar-refractivity contribution is 5.96. The van der Waals surface area contributed by atoms with Crippen LogP contribution in [0.3, 0.4) is 0 Å². The molecule has 1 fully saturated rings. The van der Waals surface area contributed by atoms with Gasteiger partial charge in [-0.3, -0.25) is 9.59 Å². The Kier molecular flexibility index (Phi) is 4.99. The summed E-state index contributed by atoms with van der Waals surface area (Å²) in [6.07, 6.45) is 1.80. The molecule has 1 aliphatic heterocycles. The van der Waals surface area contributed by atoms with Gasteiger partial charge in [0.1, 0.15) is 12.1 Å². The quantitative estimate of drug-likeness (QED) is 0.901. The molecule has 0 spiro atoms. The summed E-state index contributed by atoms with van der Waals surface area (Å²) in [7, 11) is 0. The highest BCUT2D eigenvalue weighted by Crippen LogP contribution is 2.18. The summed E-state index contributed by atoms with van der Waals surface area (Å²) in [4.78, 5) is 26.2. The topological polar surface area (TPSA) is 49.4 Å². The second-order valence-corrected chi connectivity index (χ2v) is 6.04. The summed E-state index contributed by atoms with van der Waals surface area (Å²) in [6.45, 7) is 6.35. The smallest absolute Gasteiger partial charge is 0.245 e. The Morgan fingerprint density at radius 1 is 1.19 bits per heavy atom. The zero-order valence-corrected chi connectivity index (χ0v) is 13.0. The van der Waals surface area contributed by atoms with Crippen molar-refractivity contribution in [2.45, 2.75) is 45.7 Å². The number of benzene rings is 1. The van der Waals surface area contributed by atoms with Gasteiger partial charge in [0.2, 0.25) is 11.8 Å². The molecular formula is C17H24N2O2. The van der Waals surface area contributed by atoms with Crippen LogP contribution in [0, 0.1) is 5.92 Å². The molecule has 1 aliphatic rings. The van der Waals surface area contributed by atoms with E-state index < -0.39 is 6.04 Å². The molecule has 21 heavy (non-hydrogen) atoms. The molecule has 0 aromatic heterocycles. The number of piperazine rings is 1. The fourth-order valence-electron chi connectivity index (χ4n) is 2.90. The van der Waals surface area contributed by atoms with Crippen LogP contribution in [0.5, 0.6) is 0 Å². The van der Waals surface area contributed by atoms with E-state index in [1.54, 1.807) is 11.8 Å². The molecule has 1 aromatic rings. The molecule has 1 saturated heterocycles. The molecule has 1 N–H and O–H groups in total. The zero-order valence-electron chi connectivity index (χ0n) is 13.0. The molecule has 2 amide bonds. The van der Waals surface area contributed by atoms with E-state index >= 15 is 0 Å². The number of amides is 2. The Morgan fingerprint density at radius 3 is 2.48 bits per heavy atom. The normalized spacial score (nSPS) is 22.6. The lowest BCUT2D eigenvalue weighted by Crippen LogP contribution is -2.64. The van der Waals surface area contributed by atoms with Crippen molar-refractivity contribution in [3.63, 3.8) is 0 Å². The van der Waals surface area contributed by atoms with Crippen LogP contribution in [0.25, 0.3) is 0 Å². The first-order valence-corrected chi connectivity index (χ1v) is 7.65. The maximum Gasteiger partial charge on any atom is 0.245 e. The highest BCUT2D eigenvalue weighted by atomic mass is 16.2. The Morgan fingerprint density at radius 2 is 1.86 bits per heavy atom. The molecule has 1 heterocycles. The Balaban J connectivity index is 2.00. The molecule has 4 nitrogen and oxygen atoms in total. The second kappa shape index (κ2) is 6.74. The van der Waals surface area contributed by atoms with E-state index in [1.807, 2.05) is 32.0 Å². The van der Waals surface area contributed by atoms with E-state index in [1.165, 1.54) is 5.56 Å². The number of nitrogens with zero attached hydrogens (tertiary/aromatic N) is 1. The van der Waals surface area contributed by atoms with Crippen molar-refractivity contribution in [1.29, 1.82) is 0 Å². The van der Waals surface area contributed by atoms with Gasteiger partial charge >= 0.3 is 0 Å². The van der Waals surface area contributed by atoms with Gasteiger partial charge in [-0.25, -0.2) is 0 Å². The van der Waals surface area contributed by atoms with Crippen molar-refractivity contribution < 1.29 is 9.59 Å². The molecule has 114 valence electrons. The van der Waals surface area contributed by atoms with Gasteiger partial charge < -0.3 is 10.2 Å². The minimum atomic E-state index is -0.413. The monoisotopic (exact) mass is 288 g/mol. The average molecular weight is 288 g/mol. The minimum Gasteiger partial charge on any atom is -0.343 e. The van der Waals surface area contributed by atoms with E-state index in [0.29, 0.717) is 6.54 Å². The van der Waals surface area contributed by atoms with Gasteiger partial charge in [-0.1, -0.05) is 44.2 Å². The van der Waals surface area contributed by atoms with Gasteiger partial charge in [0.15, 0.2) is 0 Å². The van der Waals surface area contributed by atoms with Crippen molar-refractivity contribution >= 4 is 11.8 Å². The zero-order chi connectivity index (χ0) is 15.4. The lowest BCUT2D eigenvalue weighted by molar-refractivity contribution is -0.150. The van der Waals surface area contributed by atoms with E-state index in [0.717, 1.165) is 12.8 Å². The molecule has 2 atom stereocenters. The van der Waals surface area contributed by atoms with Crippen molar-refractivity contribution in [3.05, 3.63) is 35.9 Å². The lowest BCUT2D eigenvalue weighted by atomic mass is 9.97. The van der Waals surface area contributed by atoms with Crippen molar-refractivity contribution in [2.75, 3.05) is 6.54 Å². The van der Waals surface area contributed by atoms with Gasteiger partial charge in [-0.15, -0.1) is 0 Å². The average Bonchev–Trinajstić information content (AvgIpc) is 2.44. The third kappa shape index (κ3) is 3.63. The van der Waals surface area contributed by atoms with Crippen LogP contribution in [0.1, 0.15) is 32.8 Å². The molecule has 0 saturated carbocycles. The largest absolute Gasteiger partial charge is 0.343 e. The maximum atomic E-state index is 12.3. The summed E-state index contributed by atoms with van der Waals surface area (Å²) in [5.74, 6) is 0.122. The predicted octanol–water partition coefficient (Wildman–Crippen LogP) is 1.99. The SMILES string of the molecule is CC1NC(=O)C(C(C)C)N(CCCc2ccccc2)C1=O. The summed E-state index contributed by atoms with van der Waals surface area (Å²) < 4.78 is 0. The number of hydrogen-bond acceptors (Lipinski definition) is 2. The summed E-state index contributed by atoms with van der Waals surface area (Å²) in [5.41, 5.74) is 1.26. The number of hydrogen-bond donors (Lipinski definition) is 1. The van der Waals surface area contributed by atoms with E-state index in [2.05, 4.69) is 17.4 Å². The Bertz CT molecular complexity index is 499. The van der Waals surface area contributed by atoms with Crippen LogP contribution in [0.2, 0.25) is 0 Å². The highest BCUT2D eigenvalue weighted by Gasteiger charge is 2.39. The number of nitrogens with one attached hydrogen (secondary N) is 1. The molecule has 1 aromatic carbocycles. The minimum absolute atomic E-state index is 0.0290. The predicted molar refractivity (Wildman–Crippen MR) is 82.7 cm³/mol. The standard InChI is InChI=1S/C17H24N2O2/c1-12(2)15-16(20)18-13(3)17(21)19(15)11-7-10-14-8-5-4-6-9-14/h4-6,8-9,12-13,15H,7,10-11H2,1-3H3,(H,18,20). The Labute approximate surface area is 126 Å². The third-order valence-electron chi connectivity index (χ3n) is 3.96. The fraction of sp³-hybridized carbons (Fsp3) is 0.529. The van der Waals surface area contributed by atoms with Crippen LogP contribution in [-0.2, 0) is 16.0 Å². The van der Waals surface area contributed by atoms with Gasteiger partial charge in [-0.05, 0) is 31.2 Å². The van der Waals surface area contributed by atoms with Crippen molar-refractivity contribution in [1.82, 2.24) is 10.2 Å². The van der Waals surface area contributed by atoms with Crippen LogP contribution in [0.15, 0.2) is 30.3 Å². The summed E-state index contributed by atoms with van der Waals surface area (Å²) in [6, 6.07) is 9.47. The number of carbonyl (C=O) groups is 2. The first-order chi connectivity index (χ1) is 10.0. The summed E-state index contributed by atoms with van der Waals surface area (Å²) >= 11 is 0. The third-order valence-corrected chi connectivity index (χ3v) is 3.96. The van der Waals surface area contributed by atoms with E-state index in [9.17, 15) is 9.59 Å². The van der Waals surface area contributed by atoms with Crippen LogP contribution in [-0.4, -0.2) is 35.3 Å². The molecule has 0 radical (unpaired) electrons. The van der Waals surface area contributed by atoms with E-state index in [-0.39, 0.29) is 23.8 Å². The Hall–Kier alpha value is -1.84. The lowest BCUT2D eigenvalue weighted by Gasteiger charge is -2.40. The van der Waals surface area contributed by atoms with Gasteiger partial charge in [0, 0.05) is 6.54 Å². The van der Waals surface area contributed by atoms with Crippen molar-refractivity contribution in [2.24, 2.45) is 5.92 Å². The van der Waals surface area contributed by atoms with Crippen LogP contribution >= 0.6 is 0 Å². The molecule has 4 heteroatoms. The first-order valence-electron chi connectivity index (χ1n) is 7.65. The maximum absolute atomic E-state index is 12.3. The number of rotatable bonds is 5. The van der Waals surface area contributed by atoms with Gasteiger partial charge in [-0.2, -0.15) is 0 Å². The summed E-state index contributed by atoms with van der Waals surface area (Å²) in [5, 5.41) is 2.77. The molecule has 0 aliphatic carbocycles. The fourth-order valence-corrected chi connectivity index (χ4v) is 2.90.